The summed E-state index contributed by atoms with van der Waals surface area (Å²) in [4.78, 5) is 2.20. The lowest BCUT2D eigenvalue weighted by molar-refractivity contribution is 0.425. The average Bonchev–Trinajstić information content (AvgIpc) is 2.66. The van der Waals surface area contributed by atoms with Crippen LogP contribution in [0.2, 0.25) is 0 Å². The summed E-state index contributed by atoms with van der Waals surface area (Å²) in [7, 11) is -0.643. The van der Waals surface area contributed by atoms with Gasteiger partial charge in [0.2, 0.25) is 0 Å². The normalized spacial score (nSPS) is 17.7. The van der Waals surface area contributed by atoms with E-state index in [1.165, 1.54) is 43.8 Å². The number of benzene rings is 1. The fourth-order valence-electron chi connectivity index (χ4n) is 3.39. The molecule has 0 spiro atoms. The van der Waals surface area contributed by atoms with Crippen LogP contribution in [-0.4, -0.2) is 38.9 Å². The number of aromatic nitrogens is 2. The van der Waals surface area contributed by atoms with Gasteiger partial charge in [-0.15, -0.1) is 10.2 Å². The minimum absolute atomic E-state index is 0.0763. The van der Waals surface area contributed by atoms with Gasteiger partial charge in [0.15, 0.2) is 5.82 Å². The summed E-state index contributed by atoms with van der Waals surface area (Å²) in [6.45, 7) is 0. The van der Waals surface area contributed by atoms with Gasteiger partial charge in [0.1, 0.15) is 5.75 Å². The van der Waals surface area contributed by atoms with Crippen LogP contribution in [0, 0.1) is 4.78 Å². The van der Waals surface area contributed by atoms with Gasteiger partial charge in [0.05, 0.1) is 15.4 Å². The van der Waals surface area contributed by atoms with Crippen LogP contribution in [0.1, 0.15) is 37.7 Å². The molecule has 1 aromatic carbocycles. The Bertz CT molecular complexity index is 917. The Labute approximate surface area is 160 Å². The molecule has 6 nitrogen and oxygen atoms in total. The minimum atomic E-state index is -2.71. The molecule has 2 N–H and O–H groups in total. The summed E-state index contributed by atoms with van der Waals surface area (Å²) in [5.74, 6) is 0.922. The molecule has 7 heteroatoms. The molecule has 1 aliphatic rings. The van der Waals surface area contributed by atoms with Gasteiger partial charge in [-0.2, -0.15) is 0 Å². The van der Waals surface area contributed by atoms with Crippen molar-refractivity contribution in [3.63, 3.8) is 0 Å². The van der Waals surface area contributed by atoms with E-state index >= 15 is 0 Å². The van der Waals surface area contributed by atoms with E-state index in [2.05, 4.69) is 22.1 Å². The van der Waals surface area contributed by atoms with E-state index in [1.807, 2.05) is 12.1 Å². The third kappa shape index (κ3) is 5.07. The first-order valence-corrected chi connectivity index (χ1v) is 11.2. The van der Waals surface area contributed by atoms with Gasteiger partial charge in [-0.1, -0.05) is 25.3 Å². The monoisotopic (exact) mass is 386 g/mol. The van der Waals surface area contributed by atoms with Gasteiger partial charge in [0, 0.05) is 30.3 Å². The zero-order chi connectivity index (χ0) is 19.4. The Morgan fingerprint density at radius 2 is 1.93 bits per heavy atom. The Kier molecular flexibility index (Phi) is 5.79. The van der Waals surface area contributed by atoms with E-state index in [4.69, 9.17) is 4.78 Å². The summed E-state index contributed by atoms with van der Waals surface area (Å²) in [6, 6.07) is 9.45. The zero-order valence-electron chi connectivity index (χ0n) is 15.8. The highest BCUT2D eigenvalue weighted by Gasteiger charge is 2.19. The van der Waals surface area contributed by atoms with Crippen molar-refractivity contribution < 1.29 is 9.32 Å². The van der Waals surface area contributed by atoms with Crippen molar-refractivity contribution in [1.82, 2.24) is 10.2 Å². The van der Waals surface area contributed by atoms with Gasteiger partial charge in [-0.3, -0.25) is 0 Å². The minimum Gasteiger partial charge on any atom is -0.507 e. The lowest BCUT2D eigenvalue weighted by Crippen LogP contribution is -2.34. The number of rotatable bonds is 5. The predicted molar refractivity (Wildman–Crippen MR) is 110 cm³/mol. The molecular weight excluding hydrogens is 360 g/mol. The standard InChI is InChI=1S/C20H26N4O2S/c1-24(16-6-4-3-5-7-16)20-11-10-18(22-23-20)17-9-8-15(14-19(17)25)12-13-27(2,21)26/h8-14,16,21,25H,3-7H2,1-2H3/b13-12+. The van der Waals surface area contributed by atoms with E-state index < -0.39 is 9.73 Å². The molecule has 0 saturated heterocycles. The van der Waals surface area contributed by atoms with E-state index in [1.54, 1.807) is 24.3 Å². The van der Waals surface area contributed by atoms with E-state index in [9.17, 15) is 9.32 Å². The molecule has 1 aliphatic carbocycles. The molecule has 1 unspecified atom stereocenters. The largest absolute Gasteiger partial charge is 0.507 e. The molecule has 27 heavy (non-hydrogen) atoms. The molecule has 1 saturated carbocycles. The number of phenols is 1. The summed E-state index contributed by atoms with van der Waals surface area (Å²) < 4.78 is 18.8. The number of nitrogens with one attached hydrogen (secondary N) is 1. The lowest BCUT2D eigenvalue weighted by Gasteiger charge is -2.31. The van der Waals surface area contributed by atoms with Crippen LogP contribution in [0.15, 0.2) is 35.7 Å². The number of aromatic hydroxyl groups is 1. The lowest BCUT2D eigenvalue weighted by atomic mass is 9.94. The first-order chi connectivity index (χ1) is 12.8. The van der Waals surface area contributed by atoms with Crippen LogP contribution in [0.5, 0.6) is 5.75 Å². The van der Waals surface area contributed by atoms with E-state index in [0.717, 1.165) is 5.82 Å². The van der Waals surface area contributed by atoms with Gasteiger partial charge >= 0.3 is 0 Å². The summed E-state index contributed by atoms with van der Waals surface area (Å²) in [5, 5.41) is 20.3. The molecule has 0 amide bonds. The van der Waals surface area contributed by atoms with Crippen molar-refractivity contribution in [3.8, 4) is 17.0 Å². The van der Waals surface area contributed by atoms with Crippen molar-refractivity contribution >= 4 is 21.6 Å². The fourth-order valence-corrected chi connectivity index (χ4v) is 3.81. The number of hydrogen-bond acceptors (Lipinski definition) is 6. The summed E-state index contributed by atoms with van der Waals surface area (Å²) in [5.41, 5.74) is 1.87. The molecule has 0 bridgehead atoms. The molecule has 1 aromatic heterocycles. The highest BCUT2D eigenvalue weighted by molar-refractivity contribution is 7.94. The molecule has 1 atom stereocenters. The van der Waals surface area contributed by atoms with Gasteiger partial charge in [-0.05, 0) is 48.7 Å². The molecule has 0 radical (unpaired) electrons. The fraction of sp³-hybridized carbons (Fsp3) is 0.400. The molecular formula is C20H26N4O2S. The smallest absolute Gasteiger partial charge is 0.151 e. The average molecular weight is 387 g/mol. The molecule has 1 fully saturated rings. The van der Waals surface area contributed by atoms with Crippen molar-refractivity contribution in [3.05, 3.63) is 41.3 Å². The number of nitrogens with zero attached hydrogens (tertiary/aromatic N) is 3. The maximum Gasteiger partial charge on any atom is 0.151 e. The number of anilines is 1. The van der Waals surface area contributed by atoms with Gasteiger partial charge in [-0.25, -0.2) is 8.99 Å². The van der Waals surface area contributed by atoms with E-state index in [0.29, 0.717) is 22.9 Å². The quantitative estimate of drug-likeness (QED) is 0.801. The zero-order valence-corrected chi connectivity index (χ0v) is 16.6. The second-order valence-corrected chi connectivity index (χ2v) is 9.24. The van der Waals surface area contributed by atoms with Gasteiger partial charge < -0.3 is 10.0 Å². The summed E-state index contributed by atoms with van der Waals surface area (Å²) >= 11 is 0. The Hall–Kier alpha value is -2.41. The maximum absolute atomic E-state index is 11.4. The van der Waals surface area contributed by atoms with Crippen LogP contribution in [0.4, 0.5) is 5.82 Å². The van der Waals surface area contributed by atoms with Crippen LogP contribution in [0.25, 0.3) is 17.3 Å². The van der Waals surface area contributed by atoms with Crippen LogP contribution in [0.3, 0.4) is 0 Å². The maximum atomic E-state index is 11.4. The molecule has 144 valence electrons. The van der Waals surface area contributed by atoms with Crippen LogP contribution >= 0.6 is 0 Å². The molecule has 0 aliphatic heterocycles. The summed E-state index contributed by atoms with van der Waals surface area (Å²) in [6.07, 6.45) is 9.16. The van der Waals surface area contributed by atoms with Crippen LogP contribution < -0.4 is 4.90 Å². The van der Waals surface area contributed by atoms with Crippen molar-refractivity contribution in [2.45, 2.75) is 38.1 Å². The number of hydrogen-bond donors (Lipinski definition) is 2. The highest BCUT2D eigenvalue weighted by Crippen LogP contribution is 2.30. The first-order valence-electron chi connectivity index (χ1n) is 9.15. The van der Waals surface area contributed by atoms with Gasteiger partial charge in [0.25, 0.3) is 0 Å². The first kappa shape index (κ1) is 19.4. The van der Waals surface area contributed by atoms with Crippen molar-refractivity contribution in [2.75, 3.05) is 18.2 Å². The molecule has 3 rings (SSSR count). The Morgan fingerprint density at radius 1 is 1.19 bits per heavy atom. The molecule has 2 aromatic rings. The van der Waals surface area contributed by atoms with Crippen molar-refractivity contribution in [1.29, 1.82) is 4.78 Å². The molecule has 1 heterocycles. The topological polar surface area (TPSA) is 90.2 Å². The third-order valence-electron chi connectivity index (χ3n) is 4.95. The Balaban J connectivity index is 1.77. The SMILES string of the molecule is CN(c1ccc(-c2ccc(/C=C/S(C)(=N)=O)cc2O)nn1)C1CCCCC1. The van der Waals surface area contributed by atoms with E-state index in [-0.39, 0.29) is 5.75 Å². The van der Waals surface area contributed by atoms with Crippen molar-refractivity contribution in [2.24, 2.45) is 0 Å². The number of phenolic OH excluding ortho intramolecular Hbond substituents is 1. The third-order valence-corrected chi connectivity index (χ3v) is 5.61. The van der Waals surface area contributed by atoms with Crippen LogP contribution in [-0.2, 0) is 9.73 Å². The predicted octanol–water partition coefficient (Wildman–Crippen LogP) is 4.27. The second kappa shape index (κ2) is 8.08. The second-order valence-electron chi connectivity index (χ2n) is 7.16. The highest BCUT2D eigenvalue weighted by atomic mass is 32.2. The Morgan fingerprint density at radius 3 is 2.52 bits per heavy atom.